The molecule has 1 unspecified atom stereocenters. The van der Waals surface area contributed by atoms with Crippen molar-refractivity contribution < 1.29 is 19.1 Å². The highest BCUT2D eigenvalue weighted by Crippen LogP contribution is 2.23. The molecule has 1 atom stereocenters. The number of rotatable bonds is 3. The van der Waals surface area contributed by atoms with Crippen LogP contribution in [0.4, 0.5) is 10.5 Å². The van der Waals surface area contributed by atoms with Crippen LogP contribution in [0.15, 0.2) is 24.3 Å². The van der Waals surface area contributed by atoms with Gasteiger partial charge in [-0.15, -0.1) is 0 Å². The SMILES string of the molecule is COc1cccc(N2C(=O)CC(OC)CNC2=O)c1. The summed E-state index contributed by atoms with van der Waals surface area (Å²) in [6.07, 6.45) is -0.140. The standard InChI is InChI=1S/C13H16N2O4/c1-18-10-5-3-4-9(6-10)15-12(16)7-11(19-2)8-14-13(15)17/h3-6,11H,7-8H2,1-2H3,(H,14,17). The van der Waals surface area contributed by atoms with Crippen LogP contribution >= 0.6 is 0 Å². The number of carbonyl (C=O) groups excluding carboxylic acids is 2. The maximum Gasteiger partial charge on any atom is 0.328 e. The van der Waals surface area contributed by atoms with Crippen LogP contribution in [-0.4, -0.2) is 38.8 Å². The molecular weight excluding hydrogens is 248 g/mol. The van der Waals surface area contributed by atoms with Gasteiger partial charge < -0.3 is 14.8 Å². The predicted octanol–water partition coefficient (Wildman–Crippen LogP) is 1.16. The molecule has 1 N–H and O–H groups in total. The fourth-order valence-electron chi connectivity index (χ4n) is 1.93. The molecule has 2 rings (SSSR count). The summed E-state index contributed by atoms with van der Waals surface area (Å²) in [4.78, 5) is 25.2. The van der Waals surface area contributed by atoms with E-state index in [4.69, 9.17) is 9.47 Å². The number of hydrogen-bond donors (Lipinski definition) is 1. The summed E-state index contributed by atoms with van der Waals surface area (Å²) >= 11 is 0. The van der Waals surface area contributed by atoms with Crippen LogP contribution in [-0.2, 0) is 9.53 Å². The summed E-state index contributed by atoms with van der Waals surface area (Å²) < 4.78 is 10.2. The number of methoxy groups -OCH3 is 2. The molecule has 0 aromatic heterocycles. The minimum atomic E-state index is -0.446. The minimum absolute atomic E-state index is 0.159. The van der Waals surface area contributed by atoms with Crippen molar-refractivity contribution in [3.8, 4) is 5.75 Å². The molecule has 0 saturated carbocycles. The molecule has 3 amide bonds. The number of anilines is 1. The minimum Gasteiger partial charge on any atom is -0.497 e. The van der Waals surface area contributed by atoms with Gasteiger partial charge >= 0.3 is 6.03 Å². The van der Waals surface area contributed by atoms with E-state index in [1.165, 1.54) is 14.2 Å². The molecule has 1 aromatic carbocycles. The Kier molecular flexibility index (Phi) is 4.01. The van der Waals surface area contributed by atoms with E-state index in [1.54, 1.807) is 24.3 Å². The maximum atomic E-state index is 12.1. The second kappa shape index (κ2) is 5.71. The van der Waals surface area contributed by atoms with E-state index in [2.05, 4.69) is 5.32 Å². The lowest BCUT2D eigenvalue weighted by molar-refractivity contribution is -0.119. The Hall–Kier alpha value is -2.08. The normalized spacial score (nSPS) is 19.9. The summed E-state index contributed by atoms with van der Waals surface area (Å²) in [6, 6.07) is 6.37. The van der Waals surface area contributed by atoms with Gasteiger partial charge in [-0.1, -0.05) is 6.07 Å². The molecule has 6 nitrogen and oxygen atoms in total. The number of amides is 3. The molecule has 1 aliphatic rings. The van der Waals surface area contributed by atoms with Crippen LogP contribution in [0, 0.1) is 0 Å². The highest BCUT2D eigenvalue weighted by atomic mass is 16.5. The topological polar surface area (TPSA) is 67.9 Å². The maximum absolute atomic E-state index is 12.1. The number of urea groups is 1. The van der Waals surface area contributed by atoms with Crippen LogP contribution in [0.25, 0.3) is 0 Å². The molecule has 19 heavy (non-hydrogen) atoms. The van der Waals surface area contributed by atoms with Gasteiger partial charge in [-0.3, -0.25) is 4.79 Å². The van der Waals surface area contributed by atoms with Gasteiger partial charge in [-0.25, -0.2) is 9.69 Å². The van der Waals surface area contributed by atoms with Crippen molar-refractivity contribution in [1.82, 2.24) is 5.32 Å². The lowest BCUT2D eigenvalue weighted by Crippen LogP contribution is -2.41. The molecule has 1 aliphatic heterocycles. The molecular formula is C13H16N2O4. The van der Waals surface area contributed by atoms with E-state index in [0.717, 1.165) is 4.90 Å². The van der Waals surface area contributed by atoms with Gasteiger partial charge in [-0.05, 0) is 12.1 Å². The first kappa shape index (κ1) is 13.4. The first-order valence-electron chi connectivity index (χ1n) is 5.93. The quantitative estimate of drug-likeness (QED) is 0.889. The van der Waals surface area contributed by atoms with Crippen molar-refractivity contribution in [2.24, 2.45) is 0 Å². The third-order valence-electron chi connectivity index (χ3n) is 2.98. The molecule has 1 fully saturated rings. The molecule has 0 aliphatic carbocycles. The van der Waals surface area contributed by atoms with E-state index < -0.39 is 6.03 Å². The van der Waals surface area contributed by atoms with Crippen LogP contribution in [0.2, 0.25) is 0 Å². The number of ether oxygens (including phenoxy) is 2. The first-order valence-corrected chi connectivity index (χ1v) is 5.93. The van der Waals surface area contributed by atoms with Gasteiger partial charge in [0.25, 0.3) is 0 Å². The third-order valence-corrected chi connectivity index (χ3v) is 2.98. The average Bonchev–Trinajstić information content (AvgIpc) is 2.57. The van der Waals surface area contributed by atoms with Gasteiger partial charge in [-0.2, -0.15) is 0 Å². The largest absolute Gasteiger partial charge is 0.497 e. The predicted molar refractivity (Wildman–Crippen MR) is 69.3 cm³/mol. The fourth-order valence-corrected chi connectivity index (χ4v) is 1.93. The average molecular weight is 264 g/mol. The molecule has 1 aromatic rings. The Morgan fingerprint density at radius 3 is 2.79 bits per heavy atom. The fraction of sp³-hybridized carbons (Fsp3) is 0.385. The zero-order chi connectivity index (χ0) is 13.8. The molecule has 102 valence electrons. The summed E-state index contributed by atoms with van der Waals surface area (Å²) in [5.74, 6) is 0.292. The number of imide groups is 1. The van der Waals surface area contributed by atoms with Gasteiger partial charge in [0.05, 0.1) is 25.3 Å². The monoisotopic (exact) mass is 264 g/mol. The second-order valence-corrected chi connectivity index (χ2v) is 4.18. The number of nitrogens with one attached hydrogen (secondary N) is 1. The van der Waals surface area contributed by atoms with E-state index in [1.807, 2.05) is 0 Å². The Balaban J connectivity index is 2.30. The number of benzene rings is 1. The van der Waals surface area contributed by atoms with Crippen molar-refractivity contribution in [1.29, 1.82) is 0 Å². The summed E-state index contributed by atoms with van der Waals surface area (Å²) in [5, 5.41) is 2.66. The van der Waals surface area contributed by atoms with Crippen molar-refractivity contribution in [2.75, 3.05) is 25.7 Å². The lowest BCUT2D eigenvalue weighted by Gasteiger charge is -2.18. The van der Waals surface area contributed by atoms with E-state index in [9.17, 15) is 9.59 Å². The van der Waals surface area contributed by atoms with Crippen LogP contribution < -0.4 is 15.0 Å². The number of nitrogens with zero attached hydrogens (tertiary/aromatic N) is 1. The number of hydrogen-bond acceptors (Lipinski definition) is 4. The molecule has 0 bridgehead atoms. The second-order valence-electron chi connectivity index (χ2n) is 4.18. The van der Waals surface area contributed by atoms with Crippen molar-refractivity contribution >= 4 is 17.6 Å². The van der Waals surface area contributed by atoms with Gasteiger partial charge in [0.2, 0.25) is 5.91 Å². The zero-order valence-corrected chi connectivity index (χ0v) is 10.9. The molecule has 1 saturated heterocycles. The highest BCUT2D eigenvalue weighted by molar-refractivity contribution is 6.14. The Bertz CT molecular complexity index is 489. The van der Waals surface area contributed by atoms with Crippen molar-refractivity contribution in [2.45, 2.75) is 12.5 Å². The van der Waals surface area contributed by atoms with Gasteiger partial charge in [0.1, 0.15) is 5.75 Å². The van der Waals surface area contributed by atoms with Crippen molar-refractivity contribution in [3.05, 3.63) is 24.3 Å². The van der Waals surface area contributed by atoms with E-state index in [-0.39, 0.29) is 18.4 Å². The van der Waals surface area contributed by atoms with Crippen LogP contribution in [0.1, 0.15) is 6.42 Å². The number of carbonyl (C=O) groups is 2. The first-order chi connectivity index (χ1) is 9.15. The van der Waals surface area contributed by atoms with Gasteiger partial charge in [0, 0.05) is 19.7 Å². The molecule has 6 heteroatoms. The van der Waals surface area contributed by atoms with E-state index >= 15 is 0 Å². The zero-order valence-electron chi connectivity index (χ0n) is 10.9. The highest BCUT2D eigenvalue weighted by Gasteiger charge is 2.30. The van der Waals surface area contributed by atoms with Crippen molar-refractivity contribution in [3.63, 3.8) is 0 Å². The Labute approximate surface area is 111 Å². The summed E-state index contributed by atoms with van der Waals surface area (Å²) in [6.45, 7) is 0.321. The summed E-state index contributed by atoms with van der Waals surface area (Å²) in [7, 11) is 3.05. The lowest BCUT2D eigenvalue weighted by atomic mass is 10.2. The summed E-state index contributed by atoms with van der Waals surface area (Å²) in [5.41, 5.74) is 0.485. The smallest absolute Gasteiger partial charge is 0.328 e. The third kappa shape index (κ3) is 2.85. The Morgan fingerprint density at radius 1 is 1.32 bits per heavy atom. The van der Waals surface area contributed by atoms with Gasteiger partial charge in [0.15, 0.2) is 0 Å². The van der Waals surface area contributed by atoms with Crippen LogP contribution in [0.5, 0.6) is 5.75 Å². The Morgan fingerprint density at radius 2 is 2.11 bits per heavy atom. The van der Waals surface area contributed by atoms with E-state index in [0.29, 0.717) is 18.0 Å². The molecule has 0 spiro atoms. The molecule has 1 heterocycles. The van der Waals surface area contributed by atoms with Crippen LogP contribution in [0.3, 0.4) is 0 Å². The molecule has 0 radical (unpaired) electrons.